The van der Waals surface area contributed by atoms with Crippen LogP contribution in [0, 0.1) is 0 Å². The van der Waals surface area contributed by atoms with Crippen LogP contribution < -0.4 is 0 Å². The van der Waals surface area contributed by atoms with Gasteiger partial charge in [0.1, 0.15) is 0 Å². The van der Waals surface area contributed by atoms with Crippen LogP contribution in [0.25, 0.3) is 0 Å². The largest absolute Gasteiger partial charge is 0.390 e. The van der Waals surface area contributed by atoms with Gasteiger partial charge in [-0.15, -0.1) is 0 Å². The molecule has 116 valence electrons. The third kappa shape index (κ3) is 5.14. The molecule has 1 aliphatic rings. The van der Waals surface area contributed by atoms with Gasteiger partial charge in [-0.05, 0) is 50.8 Å². The second-order valence-electron chi connectivity index (χ2n) is 6.27. The van der Waals surface area contributed by atoms with E-state index in [-0.39, 0.29) is 5.91 Å². The maximum Gasteiger partial charge on any atom is 0.253 e. The zero-order valence-corrected chi connectivity index (χ0v) is 13.0. The molecule has 0 spiro atoms. The van der Waals surface area contributed by atoms with Crippen molar-refractivity contribution in [2.75, 3.05) is 26.3 Å². The Morgan fingerprint density at radius 2 is 2.14 bits per heavy atom. The highest BCUT2D eigenvalue weighted by molar-refractivity contribution is 5.94. The summed E-state index contributed by atoms with van der Waals surface area (Å²) in [5.74, 6) is 0.0746. The maximum atomic E-state index is 12.5. The van der Waals surface area contributed by atoms with Crippen molar-refractivity contribution in [3.63, 3.8) is 0 Å². The first kappa shape index (κ1) is 16.0. The van der Waals surface area contributed by atoms with Crippen LogP contribution in [0.4, 0.5) is 0 Å². The Morgan fingerprint density at radius 3 is 2.90 bits per heavy atom. The normalized spacial score (nSPS) is 16.6. The Kier molecular flexibility index (Phi) is 5.37. The van der Waals surface area contributed by atoms with E-state index in [1.165, 1.54) is 0 Å². The van der Waals surface area contributed by atoms with Crippen molar-refractivity contribution in [2.24, 2.45) is 0 Å². The number of rotatable bonds is 4. The average molecular weight is 291 g/mol. The van der Waals surface area contributed by atoms with Gasteiger partial charge in [-0.25, -0.2) is 0 Å². The molecule has 1 aromatic rings. The topological polar surface area (TPSA) is 49.8 Å². The first-order chi connectivity index (χ1) is 9.96. The van der Waals surface area contributed by atoms with Gasteiger partial charge in [0, 0.05) is 25.3 Å². The lowest BCUT2D eigenvalue weighted by Gasteiger charge is -2.20. The number of amides is 1. The molecule has 1 N–H and O–H groups in total. The molecule has 0 aliphatic carbocycles. The summed E-state index contributed by atoms with van der Waals surface area (Å²) in [5, 5.41) is 9.80. The zero-order valence-electron chi connectivity index (χ0n) is 13.0. The first-order valence-corrected chi connectivity index (χ1v) is 7.64. The first-order valence-electron chi connectivity index (χ1n) is 7.64. The van der Waals surface area contributed by atoms with Gasteiger partial charge in [0.25, 0.3) is 5.91 Å². The quantitative estimate of drug-likeness (QED) is 0.925. The van der Waals surface area contributed by atoms with Crippen molar-refractivity contribution in [1.82, 2.24) is 4.90 Å². The molecule has 1 amide bonds. The fourth-order valence-corrected chi connectivity index (χ4v) is 2.44. The molecule has 4 heteroatoms. The minimum absolute atomic E-state index is 0.0746. The highest BCUT2D eigenvalue weighted by Crippen LogP contribution is 2.16. The molecule has 1 aliphatic heterocycles. The van der Waals surface area contributed by atoms with Crippen LogP contribution >= 0.6 is 0 Å². The van der Waals surface area contributed by atoms with E-state index in [0.29, 0.717) is 19.6 Å². The number of benzene rings is 1. The highest BCUT2D eigenvalue weighted by atomic mass is 16.5. The van der Waals surface area contributed by atoms with Crippen LogP contribution in [0.3, 0.4) is 0 Å². The SMILES string of the molecule is CC(C)(O)CCc1cccc(C(=O)N2CCCOCC2)c1. The van der Waals surface area contributed by atoms with E-state index < -0.39 is 5.60 Å². The van der Waals surface area contributed by atoms with Gasteiger partial charge in [-0.2, -0.15) is 0 Å². The van der Waals surface area contributed by atoms with E-state index in [1.54, 1.807) is 13.8 Å². The van der Waals surface area contributed by atoms with E-state index in [1.807, 2.05) is 29.2 Å². The minimum atomic E-state index is -0.678. The summed E-state index contributed by atoms with van der Waals surface area (Å²) < 4.78 is 5.39. The summed E-state index contributed by atoms with van der Waals surface area (Å²) in [6, 6.07) is 7.73. The summed E-state index contributed by atoms with van der Waals surface area (Å²) in [7, 11) is 0. The van der Waals surface area contributed by atoms with Crippen molar-refractivity contribution in [3.05, 3.63) is 35.4 Å². The molecule has 1 aromatic carbocycles. The van der Waals surface area contributed by atoms with Crippen molar-refractivity contribution >= 4 is 5.91 Å². The molecule has 0 atom stereocenters. The summed E-state index contributed by atoms with van der Waals surface area (Å²) in [5.41, 5.74) is 1.14. The molecule has 21 heavy (non-hydrogen) atoms. The third-order valence-electron chi connectivity index (χ3n) is 3.71. The lowest BCUT2D eigenvalue weighted by molar-refractivity contribution is 0.0714. The fourth-order valence-electron chi connectivity index (χ4n) is 2.44. The standard InChI is InChI=1S/C17H25NO3/c1-17(2,20)8-7-14-5-3-6-15(13-14)16(19)18-9-4-11-21-12-10-18/h3,5-6,13,20H,4,7-12H2,1-2H3. The maximum absolute atomic E-state index is 12.5. The van der Waals surface area contributed by atoms with Gasteiger partial charge < -0.3 is 14.7 Å². The van der Waals surface area contributed by atoms with E-state index in [4.69, 9.17) is 4.74 Å². The minimum Gasteiger partial charge on any atom is -0.390 e. The molecule has 1 fully saturated rings. The molecule has 2 rings (SSSR count). The van der Waals surface area contributed by atoms with Gasteiger partial charge in [0.05, 0.1) is 12.2 Å². The summed E-state index contributed by atoms with van der Waals surface area (Å²) in [6.45, 7) is 6.37. The van der Waals surface area contributed by atoms with Crippen LogP contribution in [0.15, 0.2) is 24.3 Å². The average Bonchev–Trinajstić information content (AvgIpc) is 2.73. The van der Waals surface area contributed by atoms with Crippen LogP contribution in [-0.4, -0.2) is 47.8 Å². The second kappa shape index (κ2) is 7.05. The number of carbonyl (C=O) groups is 1. The molecule has 1 saturated heterocycles. The zero-order chi connectivity index (χ0) is 15.3. The van der Waals surface area contributed by atoms with Crippen molar-refractivity contribution in [2.45, 2.75) is 38.7 Å². The van der Waals surface area contributed by atoms with Crippen LogP contribution in [-0.2, 0) is 11.2 Å². The number of hydrogen-bond donors (Lipinski definition) is 1. The van der Waals surface area contributed by atoms with Crippen LogP contribution in [0.1, 0.15) is 42.6 Å². The molecule has 0 radical (unpaired) electrons. The van der Waals surface area contributed by atoms with E-state index in [2.05, 4.69) is 0 Å². The fraction of sp³-hybridized carbons (Fsp3) is 0.588. The van der Waals surface area contributed by atoms with Crippen molar-refractivity contribution < 1.29 is 14.6 Å². The molecule has 1 heterocycles. The molecule has 4 nitrogen and oxygen atoms in total. The van der Waals surface area contributed by atoms with E-state index >= 15 is 0 Å². The summed E-state index contributed by atoms with van der Waals surface area (Å²) >= 11 is 0. The Labute approximate surface area is 126 Å². The number of carbonyl (C=O) groups excluding carboxylic acids is 1. The Morgan fingerprint density at radius 1 is 1.33 bits per heavy atom. The lowest BCUT2D eigenvalue weighted by atomic mass is 9.97. The summed E-state index contributed by atoms with van der Waals surface area (Å²) in [6.07, 6.45) is 2.35. The molecule has 0 saturated carbocycles. The number of aliphatic hydroxyl groups is 1. The lowest BCUT2D eigenvalue weighted by Crippen LogP contribution is -2.33. The Bertz CT molecular complexity index is 471. The van der Waals surface area contributed by atoms with E-state index in [0.717, 1.165) is 37.1 Å². The second-order valence-corrected chi connectivity index (χ2v) is 6.27. The monoisotopic (exact) mass is 291 g/mol. The van der Waals surface area contributed by atoms with Gasteiger partial charge in [0.2, 0.25) is 0 Å². The summed E-state index contributed by atoms with van der Waals surface area (Å²) in [4.78, 5) is 14.4. The molecule has 0 unspecified atom stereocenters. The molecule has 0 bridgehead atoms. The van der Waals surface area contributed by atoms with Crippen molar-refractivity contribution in [3.8, 4) is 0 Å². The number of aryl methyl sites for hydroxylation is 1. The van der Waals surface area contributed by atoms with Gasteiger partial charge >= 0.3 is 0 Å². The van der Waals surface area contributed by atoms with Crippen LogP contribution in [0.5, 0.6) is 0 Å². The Hall–Kier alpha value is -1.39. The predicted octanol–water partition coefficient (Wildman–Crippen LogP) is 2.25. The number of nitrogens with zero attached hydrogens (tertiary/aromatic N) is 1. The van der Waals surface area contributed by atoms with Crippen molar-refractivity contribution in [1.29, 1.82) is 0 Å². The molecular weight excluding hydrogens is 266 g/mol. The highest BCUT2D eigenvalue weighted by Gasteiger charge is 2.18. The molecule has 0 aromatic heterocycles. The van der Waals surface area contributed by atoms with Gasteiger partial charge in [-0.1, -0.05) is 12.1 Å². The number of hydrogen-bond acceptors (Lipinski definition) is 3. The third-order valence-corrected chi connectivity index (χ3v) is 3.71. The van der Waals surface area contributed by atoms with Gasteiger partial charge in [-0.3, -0.25) is 4.79 Å². The molecular formula is C17H25NO3. The van der Waals surface area contributed by atoms with Gasteiger partial charge in [0.15, 0.2) is 0 Å². The van der Waals surface area contributed by atoms with Crippen LogP contribution in [0.2, 0.25) is 0 Å². The smallest absolute Gasteiger partial charge is 0.253 e. The predicted molar refractivity (Wildman–Crippen MR) is 82.4 cm³/mol. The van der Waals surface area contributed by atoms with E-state index in [9.17, 15) is 9.90 Å². The number of ether oxygens (including phenoxy) is 1. The Balaban J connectivity index is 2.03.